The number of pyridine rings is 1. The van der Waals surface area contributed by atoms with E-state index in [1.807, 2.05) is 0 Å². The van der Waals surface area contributed by atoms with Crippen LogP contribution in [-0.2, 0) is 14.0 Å². The molecule has 3 heterocycles. The predicted octanol–water partition coefficient (Wildman–Crippen LogP) is 3.93. The van der Waals surface area contributed by atoms with Gasteiger partial charge in [-0.2, -0.15) is 0 Å². The average molecular weight is 357 g/mol. The molecule has 1 aliphatic carbocycles. The molecule has 0 atom stereocenters. The van der Waals surface area contributed by atoms with E-state index < -0.39 is 0 Å². The van der Waals surface area contributed by atoms with Crippen molar-refractivity contribution in [1.29, 1.82) is 0 Å². The fraction of sp³-hybridized carbons (Fsp3) is 0.762. The fourth-order valence-electron chi connectivity index (χ4n) is 4.35. The Hall–Kier alpha value is -0.905. The number of aromatic nitrogens is 1. The maximum atomic E-state index is 6.34. The summed E-state index contributed by atoms with van der Waals surface area (Å²) in [6.07, 6.45) is 7.27. The van der Waals surface area contributed by atoms with E-state index >= 15 is 0 Å². The summed E-state index contributed by atoms with van der Waals surface area (Å²) in [4.78, 5) is 5.12. The highest BCUT2D eigenvalue weighted by Gasteiger charge is 2.52. The van der Waals surface area contributed by atoms with Crippen LogP contribution >= 0.6 is 0 Å². The molecule has 142 valence electrons. The maximum absolute atomic E-state index is 6.34. The smallest absolute Gasteiger partial charge is 0.399 e. The lowest BCUT2D eigenvalue weighted by Gasteiger charge is -2.32. The van der Waals surface area contributed by atoms with E-state index in [0.29, 0.717) is 11.8 Å². The maximum Gasteiger partial charge on any atom is 0.494 e. The number of ether oxygens (including phenoxy) is 1. The summed E-state index contributed by atoms with van der Waals surface area (Å²) in [6.45, 7) is 10.1. The number of nitrogens with zero attached hydrogens (tertiary/aromatic N) is 1. The van der Waals surface area contributed by atoms with Gasteiger partial charge in [-0.05, 0) is 71.0 Å². The van der Waals surface area contributed by atoms with E-state index in [9.17, 15) is 0 Å². The summed E-state index contributed by atoms with van der Waals surface area (Å²) in [6, 6.07) is 4.48. The highest BCUT2D eigenvalue weighted by molar-refractivity contribution is 6.62. The van der Waals surface area contributed by atoms with Crippen LogP contribution in [0.2, 0.25) is 0 Å². The van der Waals surface area contributed by atoms with Crippen molar-refractivity contribution in [1.82, 2.24) is 4.98 Å². The molecular weight excluding hydrogens is 325 g/mol. The summed E-state index contributed by atoms with van der Waals surface area (Å²) >= 11 is 0. The molecule has 0 radical (unpaired) electrons. The molecule has 0 amide bonds. The van der Waals surface area contributed by atoms with E-state index in [4.69, 9.17) is 19.0 Å². The molecule has 3 fully saturated rings. The third kappa shape index (κ3) is 3.46. The summed E-state index contributed by atoms with van der Waals surface area (Å²) in [7, 11) is -0.304. The largest absolute Gasteiger partial charge is 0.494 e. The molecule has 0 N–H and O–H groups in total. The first kappa shape index (κ1) is 18.5. The summed E-state index contributed by atoms with van der Waals surface area (Å²) in [5.41, 5.74) is 2.97. The lowest BCUT2D eigenvalue weighted by atomic mass is 9.77. The van der Waals surface area contributed by atoms with Crippen LogP contribution in [0.5, 0.6) is 0 Å². The van der Waals surface area contributed by atoms with E-state index in [-0.39, 0.29) is 18.3 Å². The first-order chi connectivity index (χ1) is 12.4. The van der Waals surface area contributed by atoms with E-state index in [1.54, 1.807) is 0 Å². The number of hydrogen-bond acceptors (Lipinski definition) is 4. The van der Waals surface area contributed by atoms with Gasteiger partial charge in [0.1, 0.15) is 0 Å². The van der Waals surface area contributed by atoms with Crippen molar-refractivity contribution in [2.24, 2.45) is 0 Å². The van der Waals surface area contributed by atoms with E-state index in [1.165, 1.54) is 37.1 Å². The molecule has 2 saturated heterocycles. The van der Waals surface area contributed by atoms with Crippen LogP contribution in [0.15, 0.2) is 12.1 Å². The Morgan fingerprint density at radius 2 is 1.35 bits per heavy atom. The Balaban J connectivity index is 1.68. The van der Waals surface area contributed by atoms with Crippen LogP contribution in [0.4, 0.5) is 0 Å². The van der Waals surface area contributed by atoms with Gasteiger partial charge >= 0.3 is 7.12 Å². The lowest BCUT2D eigenvalue weighted by molar-refractivity contribution is 0.00578. The van der Waals surface area contributed by atoms with Crippen LogP contribution in [0.1, 0.15) is 89.4 Å². The molecule has 0 unspecified atom stereocenters. The highest BCUT2D eigenvalue weighted by atomic mass is 16.7. The molecule has 3 aliphatic rings. The molecule has 0 aromatic carbocycles. The molecular formula is C21H32BNO3. The summed E-state index contributed by atoms with van der Waals surface area (Å²) in [5, 5.41) is 0. The summed E-state index contributed by atoms with van der Waals surface area (Å²) < 4.78 is 18.2. The molecule has 1 saturated carbocycles. The third-order valence-electron chi connectivity index (χ3n) is 6.83. The summed E-state index contributed by atoms with van der Waals surface area (Å²) in [5.74, 6) is 1.09. The van der Waals surface area contributed by atoms with Gasteiger partial charge < -0.3 is 14.0 Å². The van der Waals surface area contributed by atoms with Crippen LogP contribution < -0.4 is 5.46 Å². The Morgan fingerprint density at radius 3 is 1.88 bits per heavy atom. The Labute approximate surface area is 158 Å². The lowest BCUT2D eigenvalue weighted by Crippen LogP contribution is -2.41. The van der Waals surface area contributed by atoms with E-state index in [2.05, 4.69) is 39.8 Å². The van der Waals surface area contributed by atoms with Crippen molar-refractivity contribution in [3.05, 3.63) is 23.5 Å². The van der Waals surface area contributed by atoms with Crippen molar-refractivity contribution in [3.8, 4) is 0 Å². The Kier molecular flexibility index (Phi) is 4.91. The van der Waals surface area contributed by atoms with Crippen molar-refractivity contribution in [2.45, 2.75) is 89.3 Å². The zero-order valence-electron chi connectivity index (χ0n) is 16.7. The number of hydrogen-bond donors (Lipinski definition) is 0. The van der Waals surface area contributed by atoms with Crippen molar-refractivity contribution >= 4 is 12.6 Å². The average Bonchev–Trinajstić information content (AvgIpc) is 3.22. The van der Waals surface area contributed by atoms with Gasteiger partial charge in [0.05, 0.1) is 11.2 Å². The molecule has 2 aliphatic heterocycles. The molecule has 5 heteroatoms. The normalized spacial score (nSPS) is 26.5. The van der Waals surface area contributed by atoms with Crippen molar-refractivity contribution in [3.63, 3.8) is 0 Å². The third-order valence-corrected chi connectivity index (χ3v) is 6.83. The molecule has 0 spiro atoms. The monoisotopic (exact) mass is 357 g/mol. The molecule has 26 heavy (non-hydrogen) atoms. The molecule has 1 aromatic rings. The van der Waals surface area contributed by atoms with Crippen molar-refractivity contribution < 1.29 is 14.0 Å². The minimum atomic E-state index is -0.312. The second kappa shape index (κ2) is 6.92. The fourth-order valence-corrected chi connectivity index (χ4v) is 4.35. The van der Waals surface area contributed by atoms with Crippen molar-refractivity contribution in [2.75, 3.05) is 13.2 Å². The topological polar surface area (TPSA) is 40.6 Å². The SMILES string of the molecule is CC1(C)OB(c2cc(C3CCCC3)nc(C3CCOCC3)c2)OC1(C)C. The minimum absolute atomic E-state index is 0.304. The second-order valence-electron chi connectivity index (χ2n) is 9.21. The molecule has 1 aromatic heterocycles. The Bertz CT molecular complexity index is 633. The second-order valence-corrected chi connectivity index (χ2v) is 9.21. The van der Waals surface area contributed by atoms with Gasteiger partial charge in [-0.3, -0.25) is 4.98 Å². The quantitative estimate of drug-likeness (QED) is 0.769. The van der Waals surface area contributed by atoms with E-state index in [0.717, 1.165) is 31.5 Å². The Morgan fingerprint density at radius 1 is 0.846 bits per heavy atom. The van der Waals surface area contributed by atoms with Gasteiger partial charge in [0.15, 0.2) is 0 Å². The van der Waals surface area contributed by atoms with Gasteiger partial charge in [0, 0.05) is 36.4 Å². The first-order valence-corrected chi connectivity index (χ1v) is 10.3. The predicted molar refractivity (Wildman–Crippen MR) is 104 cm³/mol. The number of rotatable bonds is 3. The van der Waals surface area contributed by atoms with Crippen LogP contribution in [0, 0.1) is 0 Å². The molecule has 4 rings (SSSR count). The zero-order chi connectivity index (χ0) is 18.4. The van der Waals surface area contributed by atoms with Gasteiger partial charge in [0.2, 0.25) is 0 Å². The van der Waals surface area contributed by atoms with Gasteiger partial charge in [0.25, 0.3) is 0 Å². The van der Waals surface area contributed by atoms with Crippen LogP contribution in [0.3, 0.4) is 0 Å². The van der Waals surface area contributed by atoms with Crippen LogP contribution in [-0.4, -0.2) is 36.5 Å². The molecule has 4 nitrogen and oxygen atoms in total. The van der Waals surface area contributed by atoms with Gasteiger partial charge in [-0.25, -0.2) is 0 Å². The standard InChI is InChI=1S/C21H32BNO3/c1-20(2)21(3,4)26-22(25-20)17-13-18(15-7-5-6-8-15)23-19(14-17)16-9-11-24-12-10-16/h13-16H,5-12H2,1-4H3. The van der Waals surface area contributed by atoms with Gasteiger partial charge in [-0.1, -0.05) is 12.8 Å². The highest BCUT2D eigenvalue weighted by Crippen LogP contribution is 2.38. The zero-order valence-corrected chi connectivity index (χ0v) is 16.7. The first-order valence-electron chi connectivity index (χ1n) is 10.3. The van der Waals surface area contributed by atoms with Gasteiger partial charge in [-0.15, -0.1) is 0 Å². The van der Waals surface area contributed by atoms with Crippen LogP contribution in [0.25, 0.3) is 0 Å². The molecule has 0 bridgehead atoms. The minimum Gasteiger partial charge on any atom is -0.399 e.